The summed E-state index contributed by atoms with van der Waals surface area (Å²) in [6.45, 7) is 1.20. The van der Waals surface area contributed by atoms with Crippen LogP contribution in [0.15, 0.2) is 42.5 Å². The van der Waals surface area contributed by atoms with E-state index >= 15 is 0 Å². The van der Waals surface area contributed by atoms with Crippen molar-refractivity contribution in [3.05, 3.63) is 53.6 Å². The Morgan fingerprint density at radius 2 is 1.58 bits per heavy atom. The fraction of sp³-hybridized carbons (Fsp3) is 0.211. The minimum absolute atomic E-state index is 0.0994. The Morgan fingerprint density at radius 3 is 2.15 bits per heavy atom. The molecule has 136 valence electrons. The molecule has 2 aromatic rings. The number of ether oxygens (including phenoxy) is 2. The van der Waals surface area contributed by atoms with Gasteiger partial charge in [-0.2, -0.15) is 0 Å². The molecule has 0 heterocycles. The smallest absolute Gasteiger partial charge is 0.259 e. The molecule has 7 nitrogen and oxygen atoms in total. The van der Waals surface area contributed by atoms with Crippen LogP contribution in [0.3, 0.4) is 0 Å². The van der Waals surface area contributed by atoms with E-state index in [1.54, 1.807) is 42.5 Å². The van der Waals surface area contributed by atoms with E-state index in [-0.39, 0.29) is 17.9 Å². The molecule has 0 aliphatic heterocycles. The lowest BCUT2D eigenvalue weighted by molar-refractivity contribution is -0.115. The van der Waals surface area contributed by atoms with Gasteiger partial charge in [0.2, 0.25) is 5.91 Å². The standard InChI is InChI=1S/C19H20N2O5/c1-12(22)13-6-4-7-14(10-13)21-17(23)11-20-19(24)18-15(25-2)8-5-9-16(18)26-3/h4-10H,11H2,1-3H3,(H,20,24)(H,21,23). The Morgan fingerprint density at radius 1 is 0.962 bits per heavy atom. The molecule has 2 amide bonds. The Balaban J connectivity index is 2.03. The molecule has 0 aliphatic carbocycles. The molecule has 0 saturated heterocycles. The molecule has 2 rings (SSSR count). The van der Waals surface area contributed by atoms with Gasteiger partial charge in [0.05, 0.1) is 20.8 Å². The highest BCUT2D eigenvalue weighted by molar-refractivity contribution is 6.03. The van der Waals surface area contributed by atoms with Crippen molar-refractivity contribution in [2.24, 2.45) is 0 Å². The summed E-state index contributed by atoms with van der Waals surface area (Å²) in [4.78, 5) is 35.9. The molecule has 0 radical (unpaired) electrons. The highest BCUT2D eigenvalue weighted by Gasteiger charge is 2.18. The molecular weight excluding hydrogens is 336 g/mol. The summed E-state index contributed by atoms with van der Waals surface area (Å²) >= 11 is 0. The van der Waals surface area contributed by atoms with E-state index < -0.39 is 11.8 Å². The van der Waals surface area contributed by atoms with Gasteiger partial charge in [-0.3, -0.25) is 14.4 Å². The SMILES string of the molecule is COc1cccc(OC)c1C(=O)NCC(=O)Nc1cccc(C(C)=O)c1. The molecule has 0 saturated carbocycles. The number of Topliss-reactive ketones (excluding diaryl/α,β-unsaturated/α-hetero) is 1. The van der Waals surface area contributed by atoms with Crippen molar-refractivity contribution in [3.8, 4) is 11.5 Å². The van der Waals surface area contributed by atoms with Crippen LogP contribution in [0.25, 0.3) is 0 Å². The molecule has 7 heteroatoms. The molecule has 0 bridgehead atoms. The zero-order valence-electron chi connectivity index (χ0n) is 14.8. The van der Waals surface area contributed by atoms with Crippen LogP contribution >= 0.6 is 0 Å². The van der Waals surface area contributed by atoms with Crippen LogP contribution in [0.2, 0.25) is 0 Å². The number of ketones is 1. The van der Waals surface area contributed by atoms with Gasteiger partial charge in [-0.05, 0) is 31.2 Å². The van der Waals surface area contributed by atoms with Crippen LogP contribution in [0.4, 0.5) is 5.69 Å². The second kappa shape index (κ2) is 8.66. The summed E-state index contributed by atoms with van der Waals surface area (Å²) in [5.74, 6) is -0.328. The average molecular weight is 356 g/mol. The van der Waals surface area contributed by atoms with Crippen LogP contribution in [0, 0.1) is 0 Å². The first-order valence-electron chi connectivity index (χ1n) is 7.86. The van der Waals surface area contributed by atoms with Crippen molar-refractivity contribution in [2.75, 3.05) is 26.1 Å². The molecule has 2 aromatic carbocycles. The van der Waals surface area contributed by atoms with Crippen molar-refractivity contribution in [3.63, 3.8) is 0 Å². The highest BCUT2D eigenvalue weighted by atomic mass is 16.5. The van der Waals surface area contributed by atoms with Crippen molar-refractivity contribution in [2.45, 2.75) is 6.92 Å². The second-order valence-corrected chi connectivity index (χ2v) is 5.41. The largest absolute Gasteiger partial charge is 0.496 e. The van der Waals surface area contributed by atoms with Gasteiger partial charge < -0.3 is 20.1 Å². The van der Waals surface area contributed by atoms with E-state index in [1.165, 1.54) is 21.1 Å². The van der Waals surface area contributed by atoms with Crippen LogP contribution in [-0.2, 0) is 4.79 Å². The van der Waals surface area contributed by atoms with E-state index in [0.717, 1.165) is 0 Å². The topological polar surface area (TPSA) is 93.7 Å². The van der Waals surface area contributed by atoms with Crippen LogP contribution in [0.5, 0.6) is 11.5 Å². The first kappa shape index (κ1) is 19.0. The van der Waals surface area contributed by atoms with Crippen molar-refractivity contribution in [1.82, 2.24) is 5.32 Å². The van der Waals surface area contributed by atoms with Crippen LogP contribution < -0.4 is 20.1 Å². The zero-order chi connectivity index (χ0) is 19.1. The number of benzene rings is 2. The predicted octanol–water partition coefficient (Wildman–Crippen LogP) is 2.27. The van der Waals surface area contributed by atoms with Gasteiger partial charge in [-0.1, -0.05) is 18.2 Å². The molecule has 2 N–H and O–H groups in total. The molecular formula is C19H20N2O5. The Bertz CT molecular complexity index is 810. The van der Waals surface area contributed by atoms with E-state index in [1.807, 2.05) is 0 Å². The fourth-order valence-corrected chi connectivity index (χ4v) is 2.35. The lowest BCUT2D eigenvalue weighted by Crippen LogP contribution is -2.33. The summed E-state index contributed by atoms with van der Waals surface area (Å²) in [5.41, 5.74) is 1.18. The van der Waals surface area contributed by atoms with Gasteiger partial charge in [0, 0.05) is 11.3 Å². The van der Waals surface area contributed by atoms with Crippen LogP contribution in [0.1, 0.15) is 27.6 Å². The number of hydrogen-bond donors (Lipinski definition) is 2. The second-order valence-electron chi connectivity index (χ2n) is 5.41. The van der Waals surface area contributed by atoms with Crippen molar-refractivity contribution < 1.29 is 23.9 Å². The summed E-state index contributed by atoms with van der Waals surface area (Å²) in [7, 11) is 2.89. The van der Waals surface area contributed by atoms with E-state index in [4.69, 9.17) is 9.47 Å². The van der Waals surface area contributed by atoms with Gasteiger partial charge in [0.15, 0.2) is 5.78 Å². The Labute approximate surface area is 151 Å². The summed E-state index contributed by atoms with van der Waals surface area (Å²) < 4.78 is 10.3. The van der Waals surface area contributed by atoms with Gasteiger partial charge >= 0.3 is 0 Å². The van der Waals surface area contributed by atoms with Crippen molar-refractivity contribution in [1.29, 1.82) is 0 Å². The zero-order valence-corrected chi connectivity index (χ0v) is 14.8. The molecule has 0 atom stereocenters. The van der Waals surface area contributed by atoms with Gasteiger partial charge in [0.25, 0.3) is 5.91 Å². The minimum atomic E-state index is -0.494. The molecule has 0 fully saturated rings. The minimum Gasteiger partial charge on any atom is -0.496 e. The van der Waals surface area contributed by atoms with Crippen LogP contribution in [-0.4, -0.2) is 38.4 Å². The summed E-state index contributed by atoms with van der Waals surface area (Å²) in [6.07, 6.45) is 0. The Hall–Kier alpha value is -3.35. The number of carbonyl (C=O) groups is 3. The Kier molecular flexibility index (Phi) is 6.32. The maximum atomic E-state index is 12.4. The van der Waals surface area contributed by atoms with Gasteiger partial charge in [-0.15, -0.1) is 0 Å². The maximum Gasteiger partial charge on any atom is 0.259 e. The number of rotatable bonds is 7. The van der Waals surface area contributed by atoms with Crippen molar-refractivity contribution >= 4 is 23.3 Å². The van der Waals surface area contributed by atoms with E-state index in [0.29, 0.717) is 22.7 Å². The molecule has 0 aliphatic rings. The number of hydrogen-bond acceptors (Lipinski definition) is 5. The fourth-order valence-electron chi connectivity index (χ4n) is 2.35. The number of methoxy groups -OCH3 is 2. The third kappa shape index (κ3) is 4.60. The number of carbonyl (C=O) groups excluding carboxylic acids is 3. The maximum absolute atomic E-state index is 12.4. The monoisotopic (exact) mass is 356 g/mol. The first-order valence-corrected chi connectivity index (χ1v) is 7.86. The first-order chi connectivity index (χ1) is 12.5. The highest BCUT2D eigenvalue weighted by Crippen LogP contribution is 2.27. The normalized spacial score (nSPS) is 9.96. The summed E-state index contributed by atoms with van der Waals surface area (Å²) in [6, 6.07) is 11.5. The quantitative estimate of drug-likeness (QED) is 0.742. The number of amides is 2. The molecule has 0 aromatic heterocycles. The summed E-state index contributed by atoms with van der Waals surface area (Å²) in [5, 5.41) is 5.16. The van der Waals surface area contributed by atoms with Gasteiger partial charge in [-0.25, -0.2) is 0 Å². The lowest BCUT2D eigenvalue weighted by atomic mass is 10.1. The van der Waals surface area contributed by atoms with E-state index in [9.17, 15) is 14.4 Å². The average Bonchev–Trinajstić information content (AvgIpc) is 2.65. The molecule has 26 heavy (non-hydrogen) atoms. The third-order valence-electron chi connectivity index (χ3n) is 3.62. The third-order valence-corrected chi connectivity index (χ3v) is 3.62. The molecule has 0 spiro atoms. The number of nitrogens with one attached hydrogen (secondary N) is 2. The van der Waals surface area contributed by atoms with E-state index in [2.05, 4.69) is 10.6 Å². The predicted molar refractivity (Wildman–Crippen MR) is 97.0 cm³/mol. The van der Waals surface area contributed by atoms with Gasteiger partial charge in [0.1, 0.15) is 17.1 Å². The molecule has 0 unspecified atom stereocenters. The lowest BCUT2D eigenvalue weighted by Gasteiger charge is -2.13. The number of anilines is 1.